The quantitative estimate of drug-likeness (QED) is 0.499. The Balaban J connectivity index is 1.98. The number of ketones is 1. The number of aromatic nitrogens is 2. The van der Waals surface area contributed by atoms with E-state index in [2.05, 4.69) is 4.74 Å². The van der Waals surface area contributed by atoms with Gasteiger partial charge in [-0.25, -0.2) is 0 Å². The summed E-state index contributed by atoms with van der Waals surface area (Å²) in [5.74, 6) is -1.31. The third-order valence-electron chi connectivity index (χ3n) is 4.27. The number of Topliss-reactive ketones (excluding diaryl/α,β-unsaturated/α-hetero) is 1. The number of thiazole rings is 1. The van der Waals surface area contributed by atoms with E-state index in [4.69, 9.17) is 4.74 Å². The van der Waals surface area contributed by atoms with Crippen molar-refractivity contribution in [3.8, 4) is 0 Å². The van der Waals surface area contributed by atoms with Crippen LogP contribution >= 0.6 is 11.3 Å². The topological polar surface area (TPSA) is 96.6 Å². The summed E-state index contributed by atoms with van der Waals surface area (Å²) in [7, 11) is 1.33. The van der Waals surface area contributed by atoms with Crippen LogP contribution in [0.5, 0.6) is 0 Å². The average Bonchev–Trinajstić information content (AvgIpc) is 3.10. The zero-order chi connectivity index (χ0) is 20.1. The van der Waals surface area contributed by atoms with E-state index in [9.17, 15) is 19.2 Å². The highest BCUT2D eigenvalue weighted by Crippen LogP contribution is 2.16. The van der Waals surface area contributed by atoms with Crippen LogP contribution in [0.25, 0.3) is 0 Å². The molecule has 0 aliphatic heterocycles. The van der Waals surface area contributed by atoms with Gasteiger partial charge in [0.25, 0.3) is 0 Å². The van der Waals surface area contributed by atoms with Crippen LogP contribution in [0, 0.1) is 20.8 Å². The molecule has 0 unspecified atom stereocenters. The summed E-state index contributed by atoms with van der Waals surface area (Å²) in [5, 5.41) is 1.66. The minimum Gasteiger partial charge on any atom is -0.469 e. The van der Waals surface area contributed by atoms with Gasteiger partial charge in [0.05, 0.1) is 13.5 Å². The molecule has 8 nitrogen and oxygen atoms in total. The molecule has 27 heavy (non-hydrogen) atoms. The van der Waals surface area contributed by atoms with Gasteiger partial charge in [0.15, 0.2) is 6.61 Å². The van der Waals surface area contributed by atoms with E-state index in [0.29, 0.717) is 23.5 Å². The first-order valence-electron chi connectivity index (χ1n) is 8.32. The lowest BCUT2D eigenvalue weighted by Crippen LogP contribution is -2.24. The number of methoxy groups -OCH3 is 1. The number of rotatable bonds is 8. The molecule has 0 radical (unpaired) electrons. The lowest BCUT2D eigenvalue weighted by molar-refractivity contribution is -0.143. The van der Waals surface area contributed by atoms with Gasteiger partial charge < -0.3 is 14.0 Å². The van der Waals surface area contributed by atoms with Crippen LogP contribution in [0.15, 0.2) is 16.2 Å². The molecule has 2 aromatic heterocycles. The predicted octanol–water partition coefficient (Wildman–Crippen LogP) is 1.63. The summed E-state index contributed by atoms with van der Waals surface area (Å²) in [6.45, 7) is 5.10. The molecule has 0 fully saturated rings. The molecular formula is C18H22N2O6S. The number of carbonyl (C=O) groups is 3. The van der Waals surface area contributed by atoms with Crippen LogP contribution in [0.1, 0.15) is 33.9 Å². The average molecular weight is 394 g/mol. The fourth-order valence-corrected chi connectivity index (χ4v) is 3.46. The van der Waals surface area contributed by atoms with E-state index < -0.39 is 12.6 Å². The molecule has 0 atom stereocenters. The monoisotopic (exact) mass is 394 g/mol. The maximum Gasteiger partial charge on any atom is 0.326 e. The van der Waals surface area contributed by atoms with Gasteiger partial charge in [-0.1, -0.05) is 11.3 Å². The molecular weight excluding hydrogens is 372 g/mol. The number of aryl methyl sites for hydroxylation is 2. The minimum atomic E-state index is -0.647. The third-order valence-corrected chi connectivity index (χ3v) is 5.15. The molecule has 0 amide bonds. The van der Waals surface area contributed by atoms with Crippen molar-refractivity contribution in [2.75, 3.05) is 13.7 Å². The van der Waals surface area contributed by atoms with E-state index in [1.807, 2.05) is 11.5 Å². The van der Waals surface area contributed by atoms with Crippen LogP contribution in [0.3, 0.4) is 0 Å². The van der Waals surface area contributed by atoms with Crippen LogP contribution in [-0.2, 0) is 32.2 Å². The summed E-state index contributed by atoms with van der Waals surface area (Å²) in [6, 6.07) is 1.70. The minimum absolute atomic E-state index is 0.199. The van der Waals surface area contributed by atoms with Gasteiger partial charge in [-0.15, -0.1) is 0 Å². The number of carbonyl (C=O) groups excluding carboxylic acids is 3. The molecule has 0 N–H and O–H groups in total. The Morgan fingerprint density at radius 3 is 2.37 bits per heavy atom. The van der Waals surface area contributed by atoms with Gasteiger partial charge in [-0.3, -0.25) is 23.7 Å². The Labute approximate surface area is 160 Å². The number of hydrogen-bond acceptors (Lipinski definition) is 7. The first kappa shape index (κ1) is 20.6. The lowest BCUT2D eigenvalue weighted by Gasteiger charge is -2.09. The number of ether oxygens (including phenoxy) is 2. The normalized spacial score (nSPS) is 10.7. The van der Waals surface area contributed by atoms with Crippen molar-refractivity contribution in [3.63, 3.8) is 0 Å². The highest BCUT2D eigenvalue weighted by atomic mass is 32.1. The van der Waals surface area contributed by atoms with Crippen molar-refractivity contribution in [3.05, 3.63) is 43.8 Å². The van der Waals surface area contributed by atoms with Crippen molar-refractivity contribution in [1.29, 1.82) is 0 Å². The molecule has 2 aromatic rings. The summed E-state index contributed by atoms with van der Waals surface area (Å²) in [4.78, 5) is 47.0. The van der Waals surface area contributed by atoms with Crippen molar-refractivity contribution in [1.82, 2.24) is 9.13 Å². The lowest BCUT2D eigenvalue weighted by atomic mass is 10.1. The standard InChI is InChI=1S/C18H22N2O6S/c1-11-7-14(13(3)19(11)6-5-16(22)25-4)15(21)9-26-17(23)8-20-12(2)10-27-18(20)24/h7,10H,5-6,8-9H2,1-4H3. The van der Waals surface area contributed by atoms with Crippen molar-refractivity contribution in [2.24, 2.45) is 0 Å². The van der Waals surface area contributed by atoms with Crippen molar-refractivity contribution < 1.29 is 23.9 Å². The highest BCUT2D eigenvalue weighted by Gasteiger charge is 2.18. The van der Waals surface area contributed by atoms with Gasteiger partial charge in [-0.2, -0.15) is 0 Å². The smallest absolute Gasteiger partial charge is 0.326 e. The molecule has 0 saturated heterocycles. The SMILES string of the molecule is COC(=O)CCn1c(C)cc(C(=O)COC(=O)Cn2c(C)csc2=O)c1C. The first-order chi connectivity index (χ1) is 12.7. The summed E-state index contributed by atoms with van der Waals surface area (Å²) in [6.07, 6.45) is 0.199. The molecule has 146 valence electrons. The molecule has 2 heterocycles. The fraction of sp³-hybridized carbons (Fsp3) is 0.444. The van der Waals surface area contributed by atoms with Gasteiger partial charge in [0.1, 0.15) is 6.54 Å². The largest absolute Gasteiger partial charge is 0.469 e. The highest BCUT2D eigenvalue weighted by molar-refractivity contribution is 7.07. The van der Waals surface area contributed by atoms with Gasteiger partial charge >= 0.3 is 16.8 Å². The summed E-state index contributed by atoms with van der Waals surface area (Å²) < 4.78 is 12.8. The molecule has 2 rings (SSSR count). The van der Waals surface area contributed by atoms with Gasteiger partial charge in [-0.05, 0) is 26.8 Å². The zero-order valence-electron chi connectivity index (χ0n) is 15.7. The van der Waals surface area contributed by atoms with Crippen molar-refractivity contribution >= 4 is 29.1 Å². The molecule has 0 saturated carbocycles. The Hall–Kier alpha value is -2.68. The molecule has 0 aliphatic rings. The second-order valence-corrected chi connectivity index (χ2v) is 6.90. The Morgan fingerprint density at radius 1 is 1.07 bits per heavy atom. The molecule has 0 bridgehead atoms. The van der Waals surface area contributed by atoms with E-state index in [0.717, 1.165) is 17.0 Å². The molecule has 0 aromatic carbocycles. The summed E-state index contributed by atoms with van der Waals surface area (Å²) in [5.41, 5.74) is 2.63. The predicted molar refractivity (Wildman–Crippen MR) is 99.1 cm³/mol. The molecule has 0 aliphatic carbocycles. The van der Waals surface area contributed by atoms with Crippen LogP contribution in [0.2, 0.25) is 0 Å². The Kier molecular flexibility index (Phi) is 6.73. The van der Waals surface area contributed by atoms with E-state index in [1.165, 1.54) is 11.7 Å². The molecule has 9 heteroatoms. The third kappa shape index (κ3) is 4.94. The van der Waals surface area contributed by atoms with Gasteiger partial charge in [0.2, 0.25) is 5.78 Å². The van der Waals surface area contributed by atoms with Gasteiger partial charge in [0, 0.05) is 34.6 Å². The molecule has 0 spiro atoms. The van der Waals surface area contributed by atoms with Crippen LogP contribution in [0.4, 0.5) is 0 Å². The number of hydrogen-bond donors (Lipinski definition) is 0. The number of nitrogens with zero attached hydrogens (tertiary/aromatic N) is 2. The number of esters is 2. The second-order valence-electron chi connectivity index (χ2n) is 6.08. The first-order valence-corrected chi connectivity index (χ1v) is 9.19. The maximum absolute atomic E-state index is 12.4. The van der Waals surface area contributed by atoms with Crippen molar-refractivity contribution in [2.45, 2.75) is 40.3 Å². The Morgan fingerprint density at radius 2 is 1.78 bits per heavy atom. The van der Waals surface area contributed by atoms with E-state index in [-0.39, 0.29) is 29.6 Å². The zero-order valence-corrected chi connectivity index (χ0v) is 16.6. The summed E-state index contributed by atoms with van der Waals surface area (Å²) >= 11 is 1.01. The maximum atomic E-state index is 12.4. The van der Waals surface area contributed by atoms with E-state index >= 15 is 0 Å². The Bertz CT molecular complexity index is 921. The fourth-order valence-electron chi connectivity index (χ4n) is 2.73. The van der Waals surface area contributed by atoms with E-state index in [1.54, 1.807) is 25.3 Å². The van der Waals surface area contributed by atoms with Crippen LogP contribution < -0.4 is 4.87 Å². The second kappa shape index (κ2) is 8.81. The van der Waals surface area contributed by atoms with Crippen LogP contribution in [-0.4, -0.2) is 40.6 Å².